The first-order valence-corrected chi connectivity index (χ1v) is 26.4. The third-order valence-electron chi connectivity index (χ3n) is 14.6. The molecule has 6 heterocycles. The summed E-state index contributed by atoms with van der Waals surface area (Å²) in [7, 11) is 0. The quantitative estimate of drug-likeness (QED) is 0.0808. The molecule has 394 valence electrons. The molecule has 4 atom stereocenters. The molecule has 0 bridgehead atoms. The van der Waals surface area contributed by atoms with E-state index in [1.165, 1.54) is 50.2 Å². The minimum atomic E-state index is -0.567. The number of carbonyl (C=O) groups is 4. The molecule has 0 saturated carbocycles. The standard InChI is InChI=1S/C30H35FN4O4.C24H28FN3O2.C4H9N/c1-4-39-27-14-26-23(25(15-32-26)28(36)30(38)33-11-5-6-12-33)13-24(27)29(37)35-17-19(2)34(16-20(35)3)18-21-7-9-22(31)10-8-21;1-4-30-23-12-22-19(9-10-26-22)11-21(23)24(29)28-14-16(2)27(13-17(28)3)15-18-5-7-20(25)8-6-18;1-2-4-5-3-1/h7-10,13-15,19-20,32H,4-6,11-12,16-18H2,1-3H3;5-12,16-17,26H,4,13-15H2,1-3H3;5H,1-4H2/t19-,20+;16-,17+;/m00./s1. The lowest BCUT2D eigenvalue weighted by molar-refractivity contribution is -0.125. The Morgan fingerprint density at radius 1 is 0.581 bits per heavy atom. The van der Waals surface area contributed by atoms with Crippen molar-refractivity contribution in [3.8, 4) is 11.5 Å². The predicted octanol–water partition coefficient (Wildman–Crippen LogP) is 9.06. The van der Waals surface area contributed by atoms with Gasteiger partial charge in [-0.3, -0.25) is 29.0 Å². The van der Waals surface area contributed by atoms with Gasteiger partial charge in [0.25, 0.3) is 23.5 Å². The second-order valence-electron chi connectivity index (χ2n) is 20.1. The van der Waals surface area contributed by atoms with Crippen LogP contribution in [-0.2, 0) is 17.9 Å². The zero-order chi connectivity index (χ0) is 52.5. The number of fused-ring (bicyclic) bond motifs is 2. The van der Waals surface area contributed by atoms with Gasteiger partial charge in [0.15, 0.2) is 0 Å². The number of Topliss-reactive ketones (excluding diaryl/α,β-unsaturated/α-hetero) is 1. The maximum Gasteiger partial charge on any atom is 0.295 e. The van der Waals surface area contributed by atoms with Gasteiger partial charge >= 0.3 is 0 Å². The second kappa shape index (κ2) is 24.6. The number of halogens is 2. The molecular formula is C58H72F2N8O6. The lowest BCUT2D eigenvalue weighted by Crippen LogP contribution is -2.57. The topological polar surface area (TPSA) is 147 Å². The van der Waals surface area contributed by atoms with Crippen LogP contribution < -0.4 is 14.8 Å². The maximum atomic E-state index is 14.0. The Morgan fingerprint density at radius 3 is 1.57 bits per heavy atom. The SMILES string of the molecule is C1CCNC1.CCOc1cc2[nH]cc(C(=O)C(=O)N3CCCC3)c2cc1C(=O)N1C[C@H](C)N(Cc2ccc(F)cc2)C[C@H]1C.CCOc1cc2[nH]ccc2cc1C(=O)N1C[C@H](C)N(Cc2ccc(F)cc2)C[C@H]1C. The molecule has 4 aliphatic heterocycles. The smallest absolute Gasteiger partial charge is 0.295 e. The molecule has 0 radical (unpaired) electrons. The first-order valence-electron chi connectivity index (χ1n) is 26.4. The molecular weight excluding hydrogens is 943 g/mol. The van der Waals surface area contributed by atoms with E-state index in [9.17, 15) is 28.0 Å². The number of ketones is 1. The van der Waals surface area contributed by atoms with Crippen LogP contribution in [0.15, 0.2) is 91.3 Å². The Hall–Kier alpha value is -6.62. The van der Waals surface area contributed by atoms with E-state index in [1.54, 1.807) is 35.4 Å². The first-order chi connectivity index (χ1) is 35.7. The molecule has 4 fully saturated rings. The number of carbonyl (C=O) groups excluding carboxylic acids is 4. The van der Waals surface area contributed by atoms with E-state index >= 15 is 0 Å². The summed E-state index contributed by atoms with van der Waals surface area (Å²) in [6.07, 6.45) is 7.99. The number of piperazine rings is 2. The average molecular weight is 1020 g/mol. The highest BCUT2D eigenvalue weighted by Gasteiger charge is 2.36. The van der Waals surface area contributed by atoms with Crippen molar-refractivity contribution in [2.45, 2.75) is 104 Å². The number of nitrogens with zero attached hydrogens (tertiary/aromatic N) is 5. The van der Waals surface area contributed by atoms with Crippen LogP contribution in [0.4, 0.5) is 8.78 Å². The van der Waals surface area contributed by atoms with Crippen molar-refractivity contribution >= 4 is 45.3 Å². The largest absolute Gasteiger partial charge is 0.493 e. The lowest BCUT2D eigenvalue weighted by atomic mass is 10.0. The van der Waals surface area contributed by atoms with Crippen molar-refractivity contribution in [1.29, 1.82) is 0 Å². The highest BCUT2D eigenvalue weighted by atomic mass is 19.1. The summed E-state index contributed by atoms with van der Waals surface area (Å²) >= 11 is 0. The van der Waals surface area contributed by atoms with Crippen LogP contribution in [0.1, 0.15) is 109 Å². The molecule has 10 rings (SSSR count). The van der Waals surface area contributed by atoms with E-state index in [-0.39, 0.29) is 53.2 Å². The molecule has 3 N–H and O–H groups in total. The Balaban J connectivity index is 0.000000185. The molecule has 16 heteroatoms. The molecule has 4 saturated heterocycles. The van der Waals surface area contributed by atoms with Gasteiger partial charge in [-0.2, -0.15) is 0 Å². The monoisotopic (exact) mass is 1010 g/mol. The number of H-pyrrole nitrogens is 2. The van der Waals surface area contributed by atoms with Crippen molar-refractivity contribution in [3.05, 3.63) is 131 Å². The van der Waals surface area contributed by atoms with Gasteiger partial charge < -0.3 is 39.5 Å². The van der Waals surface area contributed by atoms with Crippen LogP contribution in [0.2, 0.25) is 0 Å². The maximum absolute atomic E-state index is 14.0. The fraction of sp³-hybridized carbons (Fsp3) is 0.448. The lowest BCUT2D eigenvalue weighted by Gasteiger charge is -2.44. The van der Waals surface area contributed by atoms with Crippen LogP contribution >= 0.6 is 0 Å². The highest BCUT2D eigenvalue weighted by Crippen LogP contribution is 2.33. The van der Waals surface area contributed by atoms with Crippen molar-refractivity contribution in [3.63, 3.8) is 0 Å². The van der Waals surface area contributed by atoms with Gasteiger partial charge in [0.05, 0.1) is 29.9 Å². The molecule has 14 nitrogen and oxygen atoms in total. The summed E-state index contributed by atoms with van der Waals surface area (Å²) in [5.41, 5.74) is 4.94. The predicted molar refractivity (Wildman–Crippen MR) is 285 cm³/mol. The normalized spacial score (nSPS) is 20.2. The Kier molecular flexibility index (Phi) is 17.8. The minimum absolute atomic E-state index is 0.00216. The summed E-state index contributed by atoms with van der Waals surface area (Å²) in [6, 6.07) is 22.6. The van der Waals surface area contributed by atoms with Gasteiger partial charge in [0, 0.05) is 123 Å². The summed E-state index contributed by atoms with van der Waals surface area (Å²) in [6.45, 7) is 20.6. The van der Waals surface area contributed by atoms with Crippen LogP contribution in [0.25, 0.3) is 21.8 Å². The van der Waals surface area contributed by atoms with E-state index < -0.39 is 11.7 Å². The number of amides is 3. The summed E-state index contributed by atoms with van der Waals surface area (Å²) < 4.78 is 38.2. The second-order valence-corrected chi connectivity index (χ2v) is 20.1. The highest BCUT2D eigenvalue weighted by molar-refractivity contribution is 6.45. The van der Waals surface area contributed by atoms with Gasteiger partial charge in [-0.1, -0.05) is 24.3 Å². The van der Waals surface area contributed by atoms with Crippen LogP contribution in [0.5, 0.6) is 11.5 Å². The number of benzene rings is 4. The number of hydrogen-bond acceptors (Lipinski definition) is 9. The third-order valence-corrected chi connectivity index (χ3v) is 14.6. The van der Waals surface area contributed by atoms with Gasteiger partial charge in [0.1, 0.15) is 23.1 Å². The van der Waals surface area contributed by atoms with Crippen LogP contribution in [-0.4, -0.2) is 148 Å². The molecule has 4 aromatic carbocycles. The summed E-state index contributed by atoms with van der Waals surface area (Å²) in [5, 5.41) is 4.76. The number of ether oxygens (including phenoxy) is 2. The number of likely N-dealkylation sites (tertiary alicyclic amines) is 1. The van der Waals surface area contributed by atoms with Gasteiger partial charge in [-0.05, 0) is 134 Å². The molecule has 6 aromatic rings. The minimum Gasteiger partial charge on any atom is -0.493 e. The van der Waals surface area contributed by atoms with Crippen molar-refractivity contribution < 1.29 is 37.4 Å². The van der Waals surface area contributed by atoms with E-state index in [2.05, 4.69) is 45.9 Å². The number of rotatable bonds is 12. The summed E-state index contributed by atoms with van der Waals surface area (Å²) in [4.78, 5) is 69.7. The molecule has 0 unspecified atom stereocenters. The summed E-state index contributed by atoms with van der Waals surface area (Å²) in [5.74, 6) is -0.669. The Bertz CT molecular complexity index is 2870. The van der Waals surface area contributed by atoms with Crippen LogP contribution in [0, 0.1) is 11.6 Å². The third kappa shape index (κ3) is 12.6. The van der Waals surface area contributed by atoms with Crippen molar-refractivity contribution in [2.75, 3.05) is 65.6 Å². The number of nitrogens with one attached hydrogen (secondary N) is 3. The fourth-order valence-corrected chi connectivity index (χ4v) is 10.5. The molecule has 3 amide bonds. The Morgan fingerprint density at radius 2 is 1.08 bits per heavy atom. The first kappa shape index (κ1) is 53.7. The number of aromatic amines is 2. The van der Waals surface area contributed by atoms with E-state index in [1.807, 2.05) is 67.1 Å². The molecule has 2 aromatic heterocycles. The number of aromatic nitrogens is 2. The average Bonchev–Trinajstić information content (AvgIpc) is 4.27. The van der Waals surface area contributed by atoms with Gasteiger partial charge in [-0.15, -0.1) is 0 Å². The van der Waals surface area contributed by atoms with Gasteiger partial charge in [0.2, 0.25) is 0 Å². The zero-order valence-electron chi connectivity index (χ0n) is 43.7. The number of hydrogen-bond donors (Lipinski definition) is 3. The van der Waals surface area contributed by atoms with Crippen molar-refractivity contribution in [2.24, 2.45) is 0 Å². The molecule has 4 aliphatic rings. The van der Waals surface area contributed by atoms with Crippen LogP contribution in [0.3, 0.4) is 0 Å². The molecule has 74 heavy (non-hydrogen) atoms. The van der Waals surface area contributed by atoms with E-state index in [0.29, 0.717) is 86.0 Å². The Labute approximate surface area is 433 Å². The van der Waals surface area contributed by atoms with Gasteiger partial charge in [-0.25, -0.2) is 8.78 Å². The van der Waals surface area contributed by atoms with E-state index in [4.69, 9.17) is 9.47 Å². The molecule has 0 spiro atoms. The molecule has 0 aliphatic carbocycles. The van der Waals surface area contributed by atoms with E-state index in [0.717, 1.165) is 48.0 Å². The zero-order valence-corrected chi connectivity index (χ0v) is 43.7. The van der Waals surface area contributed by atoms with Crippen molar-refractivity contribution in [1.82, 2.24) is 39.8 Å². The fourth-order valence-electron chi connectivity index (χ4n) is 10.5.